The Morgan fingerprint density at radius 3 is 2.29 bits per heavy atom. The van der Waals surface area contributed by atoms with Crippen LogP contribution in [-0.4, -0.2) is 14.5 Å². The highest BCUT2D eigenvalue weighted by Crippen LogP contribution is 2.06. The van der Waals surface area contributed by atoms with Crippen molar-refractivity contribution in [2.24, 2.45) is 0 Å². The largest absolute Gasteiger partial charge is 0.299 e. The lowest BCUT2D eigenvalue weighted by molar-refractivity contribution is 0.575. The maximum absolute atomic E-state index is 11.4. The monoisotopic (exact) mass is 218 g/mol. The lowest BCUT2D eigenvalue weighted by Crippen LogP contribution is -2.35. The van der Waals surface area contributed by atoms with Crippen molar-refractivity contribution in [2.75, 3.05) is 4.72 Å². The highest BCUT2D eigenvalue weighted by molar-refractivity contribution is 7.90. The Hall–Kier alpha value is -1.07. The Balaban J connectivity index is 0. The Bertz CT molecular complexity index is 382. The highest BCUT2D eigenvalue weighted by atomic mass is 32.2. The third-order valence-electron chi connectivity index (χ3n) is 1.42. The minimum absolute atomic E-state index is 0. The molecule has 0 fully saturated rings. The maximum atomic E-state index is 11.4. The molecule has 5 heteroatoms. The van der Waals surface area contributed by atoms with Gasteiger partial charge in [-0.15, -0.1) is 0 Å². The molecule has 0 aromatic heterocycles. The molecule has 0 amide bonds. The Morgan fingerprint density at radius 1 is 1.21 bits per heavy atom. The molecule has 4 nitrogen and oxygen atoms in total. The van der Waals surface area contributed by atoms with E-state index in [9.17, 15) is 8.42 Å². The summed E-state index contributed by atoms with van der Waals surface area (Å²) in [5, 5.41) is 0. The Kier molecular flexibility index (Phi) is 3.49. The molecule has 0 saturated carbocycles. The quantitative estimate of drug-likeness (QED) is 0.810. The molecule has 0 aliphatic carbocycles. The summed E-state index contributed by atoms with van der Waals surface area (Å²) in [5.74, 6) is 0. The van der Waals surface area contributed by atoms with Crippen molar-refractivity contribution in [3.05, 3.63) is 30.3 Å². The standard InChI is InChI=1S/C9H14N2O2S.2H2/c1-8(2)10-14(12,13)11-9-6-4-3-5-7-9;;/h3-8,10-11H,1-2H3;2*1H. The summed E-state index contributed by atoms with van der Waals surface area (Å²) >= 11 is 0. The molecule has 82 valence electrons. The number of hydrogen-bond acceptors (Lipinski definition) is 2. The van der Waals surface area contributed by atoms with Gasteiger partial charge in [-0.1, -0.05) is 18.2 Å². The SMILES string of the molecule is CC(C)NS(=O)(=O)Nc1ccccc1.[HH].[HH]. The molecule has 0 saturated heterocycles. The molecule has 1 rings (SSSR count). The molecule has 0 atom stereocenters. The molecule has 0 aliphatic heterocycles. The topological polar surface area (TPSA) is 58.2 Å². The van der Waals surface area contributed by atoms with Crippen LogP contribution in [0.3, 0.4) is 0 Å². The summed E-state index contributed by atoms with van der Waals surface area (Å²) in [7, 11) is -3.43. The van der Waals surface area contributed by atoms with E-state index >= 15 is 0 Å². The zero-order chi connectivity index (χ0) is 10.6. The van der Waals surface area contributed by atoms with Crippen LogP contribution in [0.4, 0.5) is 5.69 Å². The van der Waals surface area contributed by atoms with E-state index < -0.39 is 10.2 Å². The van der Waals surface area contributed by atoms with Gasteiger partial charge in [-0.05, 0) is 26.0 Å². The first-order valence-electron chi connectivity index (χ1n) is 4.35. The summed E-state index contributed by atoms with van der Waals surface area (Å²) in [6.07, 6.45) is 0. The number of hydrogen-bond donors (Lipinski definition) is 2. The molecule has 0 heterocycles. The van der Waals surface area contributed by atoms with E-state index in [0.29, 0.717) is 5.69 Å². The van der Waals surface area contributed by atoms with Gasteiger partial charge in [0, 0.05) is 14.6 Å². The lowest BCUT2D eigenvalue weighted by atomic mass is 10.3. The zero-order valence-corrected chi connectivity index (χ0v) is 9.01. The minimum atomic E-state index is -3.43. The molecule has 14 heavy (non-hydrogen) atoms. The summed E-state index contributed by atoms with van der Waals surface area (Å²) in [6.45, 7) is 3.54. The van der Waals surface area contributed by atoms with E-state index in [4.69, 9.17) is 0 Å². The summed E-state index contributed by atoms with van der Waals surface area (Å²) in [4.78, 5) is 0. The third kappa shape index (κ3) is 3.76. The number of nitrogens with one attached hydrogen (secondary N) is 2. The van der Waals surface area contributed by atoms with Crippen molar-refractivity contribution in [2.45, 2.75) is 19.9 Å². The molecule has 0 radical (unpaired) electrons. The number of anilines is 1. The number of benzene rings is 1. The van der Waals surface area contributed by atoms with Crippen LogP contribution in [0, 0.1) is 0 Å². The van der Waals surface area contributed by atoms with E-state index in [1.165, 1.54) is 0 Å². The predicted molar refractivity (Wildman–Crippen MR) is 61.5 cm³/mol. The molecule has 0 aliphatic rings. The van der Waals surface area contributed by atoms with Crippen LogP contribution in [0.2, 0.25) is 0 Å². The fraction of sp³-hybridized carbons (Fsp3) is 0.333. The van der Waals surface area contributed by atoms with E-state index in [-0.39, 0.29) is 8.90 Å². The molecule has 0 unspecified atom stereocenters. The first kappa shape index (κ1) is 11.0. The zero-order valence-electron chi connectivity index (χ0n) is 8.19. The Morgan fingerprint density at radius 2 is 1.79 bits per heavy atom. The van der Waals surface area contributed by atoms with Crippen molar-refractivity contribution in [3.63, 3.8) is 0 Å². The normalized spacial score (nSPS) is 11.6. The third-order valence-corrected chi connectivity index (χ3v) is 2.70. The van der Waals surface area contributed by atoms with E-state index in [2.05, 4.69) is 9.44 Å². The maximum Gasteiger partial charge on any atom is 0.299 e. The van der Waals surface area contributed by atoms with Crippen LogP contribution in [0.5, 0.6) is 0 Å². The van der Waals surface area contributed by atoms with Gasteiger partial charge in [0.05, 0.1) is 0 Å². The van der Waals surface area contributed by atoms with Gasteiger partial charge >= 0.3 is 0 Å². The van der Waals surface area contributed by atoms with Crippen LogP contribution in [0.15, 0.2) is 30.3 Å². The first-order valence-corrected chi connectivity index (χ1v) is 5.83. The first-order chi connectivity index (χ1) is 6.49. The molecule has 1 aromatic carbocycles. The fourth-order valence-electron chi connectivity index (χ4n) is 1.00. The van der Waals surface area contributed by atoms with E-state index in [1.54, 1.807) is 38.1 Å². The second-order valence-corrected chi connectivity index (χ2v) is 4.69. The average Bonchev–Trinajstić information content (AvgIpc) is 2.02. The van der Waals surface area contributed by atoms with Crippen LogP contribution >= 0.6 is 0 Å². The number of para-hydroxylation sites is 1. The van der Waals surface area contributed by atoms with Crippen LogP contribution in [0.1, 0.15) is 16.7 Å². The van der Waals surface area contributed by atoms with Gasteiger partial charge in [-0.3, -0.25) is 4.72 Å². The summed E-state index contributed by atoms with van der Waals surface area (Å²) in [5.41, 5.74) is 0.556. The average molecular weight is 218 g/mol. The molecule has 1 aromatic rings. The lowest BCUT2D eigenvalue weighted by Gasteiger charge is -2.11. The van der Waals surface area contributed by atoms with Crippen molar-refractivity contribution in [1.82, 2.24) is 4.72 Å². The molecular formula is C9H18N2O2S. The van der Waals surface area contributed by atoms with Gasteiger partial charge in [0.2, 0.25) is 0 Å². The van der Waals surface area contributed by atoms with Gasteiger partial charge in [-0.2, -0.15) is 13.1 Å². The van der Waals surface area contributed by atoms with Crippen LogP contribution in [-0.2, 0) is 10.2 Å². The van der Waals surface area contributed by atoms with Gasteiger partial charge in [0.25, 0.3) is 10.2 Å². The van der Waals surface area contributed by atoms with Gasteiger partial charge in [-0.25, -0.2) is 0 Å². The predicted octanol–water partition coefficient (Wildman–Crippen LogP) is 1.83. The van der Waals surface area contributed by atoms with Crippen molar-refractivity contribution in [1.29, 1.82) is 0 Å². The van der Waals surface area contributed by atoms with Crippen LogP contribution < -0.4 is 9.44 Å². The summed E-state index contributed by atoms with van der Waals surface area (Å²) < 4.78 is 27.6. The second kappa shape index (κ2) is 4.43. The number of rotatable bonds is 4. The van der Waals surface area contributed by atoms with Crippen molar-refractivity contribution >= 4 is 15.9 Å². The molecule has 2 N–H and O–H groups in total. The van der Waals surface area contributed by atoms with E-state index in [0.717, 1.165) is 0 Å². The molecule has 0 spiro atoms. The van der Waals surface area contributed by atoms with Crippen LogP contribution in [0.25, 0.3) is 0 Å². The second-order valence-electron chi connectivity index (χ2n) is 3.24. The van der Waals surface area contributed by atoms with Gasteiger partial charge in [0.15, 0.2) is 0 Å². The smallest absolute Gasteiger partial charge is 0.271 e. The molecule has 0 bridgehead atoms. The highest BCUT2D eigenvalue weighted by Gasteiger charge is 2.10. The van der Waals surface area contributed by atoms with Crippen molar-refractivity contribution < 1.29 is 11.3 Å². The van der Waals surface area contributed by atoms with Gasteiger partial charge < -0.3 is 0 Å². The van der Waals surface area contributed by atoms with Gasteiger partial charge in [0.1, 0.15) is 0 Å². The molecular weight excluding hydrogens is 200 g/mol. The van der Waals surface area contributed by atoms with Crippen molar-refractivity contribution in [3.8, 4) is 0 Å². The fourth-order valence-corrected chi connectivity index (χ4v) is 2.13. The van der Waals surface area contributed by atoms with E-state index in [1.807, 2.05) is 6.07 Å². The Labute approximate surface area is 87.5 Å². The summed E-state index contributed by atoms with van der Waals surface area (Å²) in [6, 6.07) is 8.64. The minimum Gasteiger partial charge on any atom is -0.271 e.